The molecule has 0 aliphatic carbocycles. The summed E-state index contributed by atoms with van der Waals surface area (Å²) in [6.07, 6.45) is 0. The zero-order valence-corrected chi connectivity index (χ0v) is 12.5. The molecule has 0 aliphatic heterocycles. The number of thioether (sulfide) groups is 1. The summed E-state index contributed by atoms with van der Waals surface area (Å²) < 4.78 is 0.331. The maximum Gasteiger partial charge on any atom is 0.0412 e. The lowest BCUT2D eigenvalue weighted by molar-refractivity contribution is 0.603. The highest BCUT2D eigenvalue weighted by atomic mass is 32.2. The predicted molar refractivity (Wildman–Crippen MR) is 79.8 cm³/mol. The van der Waals surface area contributed by atoms with Crippen molar-refractivity contribution in [2.45, 2.75) is 45.4 Å². The van der Waals surface area contributed by atoms with E-state index in [4.69, 9.17) is 0 Å². The Morgan fingerprint density at radius 3 is 2.53 bits per heavy atom. The first-order chi connectivity index (χ1) is 7.92. The van der Waals surface area contributed by atoms with Gasteiger partial charge in [0.2, 0.25) is 0 Å². The minimum Gasteiger partial charge on any atom is -0.310 e. The fraction of sp³-hybridized carbons (Fsp3) is 0.600. The molecule has 1 N–H and O–H groups in total. The van der Waals surface area contributed by atoms with Gasteiger partial charge >= 0.3 is 0 Å². The van der Waals surface area contributed by atoms with Gasteiger partial charge in [-0.25, -0.2) is 0 Å². The van der Waals surface area contributed by atoms with Crippen LogP contribution >= 0.6 is 11.8 Å². The number of aryl methyl sites for hydroxylation is 1. The Bertz CT molecular complexity index is 341. The Labute approximate surface area is 110 Å². The van der Waals surface area contributed by atoms with E-state index < -0.39 is 0 Å². The Hall–Kier alpha value is -0.470. The lowest BCUT2D eigenvalue weighted by Gasteiger charge is -2.24. The van der Waals surface area contributed by atoms with Crippen LogP contribution in [0.25, 0.3) is 0 Å². The van der Waals surface area contributed by atoms with E-state index in [1.807, 2.05) is 11.8 Å². The number of rotatable bonds is 5. The average Bonchev–Trinajstić information content (AvgIpc) is 2.23. The molecule has 1 aromatic carbocycles. The van der Waals surface area contributed by atoms with E-state index in [1.54, 1.807) is 0 Å². The van der Waals surface area contributed by atoms with Crippen molar-refractivity contribution in [1.82, 2.24) is 5.32 Å². The van der Waals surface area contributed by atoms with Crippen molar-refractivity contribution in [2.75, 3.05) is 12.3 Å². The molecule has 1 unspecified atom stereocenters. The first-order valence-corrected chi connectivity index (χ1v) is 7.35. The second-order valence-corrected chi connectivity index (χ2v) is 7.29. The van der Waals surface area contributed by atoms with Gasteiger partial charge < -0.3 is 5.32 Å². The van der Waals surface area contributed by atoms with Crippen LogP contribution in [0, 0.1) is 6.92 Å². The molecule has 1 atom stereocenters. The van der Waals surface area contributed by atoms with Gasteiger partial charge in [0.25, 0.3) is 0 Å². The SMILES string of the molecule is CCNC(CSC(C)(C)C)c1cccc(C)c1. The molecular weight excluding hydrogens is 226 g/mol. The van der Waals surface area contributed by atoms with Crippen molar-refractivity contribution < 1.29 is 0 Å². The average molecular weight is 251 g/mol. The first kappa shape index (κ1) is 14.6. The molecule has 0 spiro atoms. The largest absolute Gasteiger partial charge is 0.310 e. The number of benzene rings is 1. The number of nitrogens with one attached hydrogen (secondary N) is 1. The molecule has 0 aromatic heterocycles. The van der Waals surface area contributed by atoms with E-state index in [9.17, 15) is 0 Å². The van der Waals surface area contributed by atoms with E-state index >= 15 is 0 Å². The highest BCUT2D eigenvalue weighted by Crippen LogP contribution is 2.28. The third-order valence-electron chi connectivity index (χ3n) is 2.58. The van der Waals surface area contributed by atoms with Crippen molar-refractivity contribution in [2.24, 2.45) is 0 Å². The lowest BCUT2D eigenvalue weighted by Crippen LogP contribution is -2.25. The number of hydrogen-bond acceptors (Lipinski definition) is 2. The van der Waals surface area contributed by atoms with Gasteiger partial charge in [0.05, 0.1) is 0 Å². The van der Waals surface area contributed by atoms with Gasteiger partial charge in [-0.1, -0.05) is 57.5 Å². The molecule has 0 heterocycles. The van der Waals surface area contributed by atoms with Crippen molar-refractivity contribution in [3.8, 4) is 0 Å². The van der Waals surface area contributed by atoms with Crippen LogP contribution in [0.5, 0.6) is 0 Å². The van der Waals surface area contributed by atoms with Crippen LogP contribution in [0.4, 0.5) is 0 Å². The van der Waals surface area contributed by atoms with Crippen LogP contribution in [0.15, 0.2) is 24.3 Å². The summed E-state index contributed by atoms with van der Waals surface area (Å²) >= 11 is 2.02. The molecule has 0 aliphatic rings. The molecule has 0 saturated carbocycles. The lowest BCUT2D eigenvalue weighted by atomic mass is 10.1. The monoisotopic (exact) mass is 251 g/mol. The van der Waals surface area contributed by atoms with Crippen LogP contribution in [0.1, 0.15) is 44.9 Å². The van der Waals surface area contributed by atoms with Crippen LogP contribution in [0.3, 0.4) is 0 Å². The molecule has 1 rings (SSSR count). The van der Waals surface area contributed by atoms with Crippen LogP contribution < -0.4 is 5.32 Å². The van der Waals surface area contributed by atoms with Crippen LogP contribution in [-0.2, 0) is 0 Å². The Balaban J connectivity index is 2.71. The summed E-state index contributed by atoms with van der Waals surface area (Å²) in [6, 6.07) is 9.28. The van der Waals surface area contributed by atoms with Gasteiger partial charge in [0.1, 0.15) is 0 Å². The van der Waals surface area contributed by atoms with Gasteiger partial charge in [-0.2, -0.15) is 11.8 Å². The van der Waals surface area contributed by atoms with E-state index in [1.165, 1.54) is 11.1 Å². The fourth-order valence-electron chi connectivity index (χ4n) is 1.74. The molecule has 17 heavy (non-hydrogen) atoms. The molecule has 1 nitrogen and oxygen atoms in total. The molecule has 0 bridgehead atoms. The standard InChI is InChI=1S/C15H25NS/c1-6-16-14(11-17-15(3,4)5)13-9-7-8-12(2)10-13/h7-10,14,16H,6,11H2,1-5H3. The zero-order chi connectivity index (χ0) is 12.9. The van der Waals surface area contributed by atoms with Gasteiger partial charge in [-0.15, -0.1) is 0 Å². The van der Waals surface area contributed by atoms with Crippen molar-refractivity contribution in [3.63, 3.8) is 0 Å². The zero-order valence-electron chi connectivity index (χ0n) is 11.7. The summed E-state index contributed by atoms with van der Waals surface area (Å²) in [4.78, 5) is 0. The molecule has 96 valence electrons. The van der Waals surface area contributed by atoms with E-state index in [0.29, 0.717) is 10.8 Å². The summed E-state index contributed by atoms with van der Waals surface area (Å²) in [6.45, 7) is 12.2. The molecule has 0 amide bonds. The second-order valence-electron chi connectivity index (χ2n) is 5.45. The molecule has 0 fully saturated rings. The maximum absolute atomic E-state index is 3.58. The number of hydrogen-bond donors (Lipinski definition) is 1. The van der Waals surface area contributed by atoms with Gasteiger partial charge in [-0.05, 0) is 19.0 Å². The van der Waals surface area contributed by atoms with Crippen molar-refractivity contribution in [3.05, 3.63) is 35.4 Å². The topological polar surface area (TPSA) is 12.0 Å². The molecule has 2 heteroatoms. The summed E-state index contributed by atoms with van der Waals surface area (Å²) in [5.41, 5.74) is 2.75. The fourth-order valence-corrected chi connectivity index (χ4v) is 2.72. The highest BCUT2D eigenvalue weighted by molar-refractivity contribution is 8.00. The molecule has 1 aromatic rings. The predicted octanol–water partition coefficient (Wildman–Crippen LogP) is 4.18. The van der Waals surface area contributed by atoms with Crippen LogP contribution in [-0.4, -0.2) is 17.0 Å². The Kier molecular flexibility index (Phi) is 5.54. The maximum atomic E-state index is 3.58. The quantitative estimate of drug-likeness (QED) is 0.842. The van der Waals surface area contributed by atoms with Crippen molar-refractivity contribution >= 4 is 11.8 Å². The molecular formula is C15H25NS. The Morgan fingerprint density at radius 2 is 2.00 bits per heavy atom. The minimum atomic E-state index is 0.331. The molecule has 0 radical (unpaired) electrons. The summed E-state index contributed by atoms with van der Waals surface area (Å²) in [5.74, 6) is 1.13. The van der Waals surface area contributed by atoms with Gasteiger partial charge in [-0.3, -0.25) is 0 Å². The highest BCUT2D eigenvalue weighted by Gasteiger charge is 2.16. The van der Waals surface area contributed by atoms with Gasteiger partial charge in [0, 0.05) is 16.5 Å². The second kappa shape index (κ2) is 6.46. The van der Waals surface area contributed by atoms with E-state index in [-0.39, 0.29) is 0 Å². The third kappa shape index (κ3) is 5.60. The smallest absolute Gasteiger partial charge is 0.0412 e. The minimum absolute atomic E-state index is 0.331. The first-order valence-electron chi connectivity index (χ1n) is 6.36. The summed E-state index contributed by atoms with van der Waals surface area (Å²) in [5, 5.41) is 3.58. The summed E-state index contributed by atoms with van der Waals surface area (Å²) in [7, 11) is 0. The molecule has 0 saturated heterocycles. The third-order valence-corrected chi connectivity index (χ3v) is 3.94. The van der Waals surface area contributed by atoms with E-state index in [2.05, 4.69) is 64.2 Å². The van der Waals surface area contributed by atoms with Crippen LogP contribution in [0.2, 0.25) is 0 Å². The normalized spacial score (nSPS) is 13.7. The Morgan fingerprint density at radius 1 is 1.29 bits per heavy atom. The van der Waals surface area contributed by atoms with Crippen molar-refractivity contribution in [1.29, 1.82) is 0 Å². The van der Waals surface area contributed by atoms with Gasteiger partial charge in [0.15, 0.2) is 0 Å². The van der Waals surface area contributed by atoms with E-state index in [0.717, 1.165) is 12.3 Å².